The van der Waals surface area contributed by atoms with Crippen LogP contribution in [0.4, 0.5) is 10.1 Å². The summed E-state index contributed by atoms with van der Waals surface area (Å²) in [5.74, 6) is -0.186. The zero-order valence-electron chi connectivity index (χ0n) is 10.9. The first-order valence-electron chi connectivity index (χ1n) is 5.98. The lowest BCUT2D eigenvalue weighted by atomic mass is 10.1. The minimum Gasteiger partial charge on any atom is -0.449 e. The van der Waals surface area contributed by atoms with Crippen LogP contribution in [-0.2, 0) is 0 Å². The maximum atomic E-state index is 13.0. The molecule has 0 radical (unpaired) electrons. The zero-order valence-corrected chi connectivity index (χ0v) is 12.5. The van der Waals surface area contributed by atoms with E-state index in [1.54, 1.807) is 0 Å². The third-order valence-electron chi connectivity index (χ3n) is 2.78. The van der Waals surface area contributed by atoms with E-state index in [4.69, 9.17) is 4.74 Å². The molecule has 5 nitrogen and oxygen atoms in total. The number of hydrogen-bond acceptors (Lipinski definition) is 4. The lowest BCUT2D eigenvalue weighted by Gasteiger charge is -2.10. The Hall–Kier alpha value is -1.99. The van der Waals surface area contributed by atoms with Gasteiger partial charge >= 0.3 is 5.69 Å². The van der Waals surface area contributed by atoms with Gasteiger partial charge in [-0.25, -0.2) is 4.39 Å². The van der Waals surface area contributed by atoms with Crippen molar-refractivity contribution in [2.75, 3.05) is 0 Å². The third kappa shape index (κ3) is 3.56. The molecule has 21 heavy (non-hydrogen) atoms. The van der Waals surface area contributed by atoms with Gasteiger partial charge < -0.3 is 9.84 Å². The van der Waals surface area contributed by atoms with Gasteiger partial charge in [-0.1, -0.05) is 6.07 Å². The maximum Gasteiger partial charge on any atom is 0.311 e. The largest absolute Gasteiger partial charge is 0.449 e. The van der Waals surface area contributed by atoms with E-state index in [1.165, 1.54) is 43.3 Å². The maximum absolute atomic E-state index is 13.0. The second-order valence-electron chi connectivity index (χ2n) is 4.34. The van der Waals surface area contributed by atoms with E-state index in [-0.39, 0.29) is 17.2 Å². The Balaban J connectivity index is 2.41. The van der Waals surface area contributed by atoms with Crippen LogP contribution in [0.3, 0.4) is 0 Å². The summed E-state index contributed by atoms with van der Waals surface area (Å²) in [6.45, 7) is 1.51. The predicted octanol–water partition coefficient (Wildman–Crippen LogP) is 4.34. The first-order valence-corrected chi connectivity index (χ1v) is 6.77. The van der Waals surface area contributed by atoms with Crippen LogP contribution in [-0.4, -0.2) is 10.0 Å². The van der Waals surface area contributed by atoms with Crippen LogP contribution in [0.1, 0.15) is 18.6 Å². The van der Waals surface area contributed by atoms with Crippen LogP contribution in [0.2, 0.25) is 0 Å². The molecule has 0 fully saturated rings. The van der Waals surface area contributed by atoms with E-state index in [1.807, 2.05) is 0 Å². The van der Waals surface area contributed by atoms with Crippen molar-refractivity contribution in [1.82, 2.24) is 0 Å². The number of nitro groups is 1. The Morgan fingerprint density at radius 2 is 1.95 bits per heavy atom. The number of benzene rings is 2. The lowest BCUT2D eigenvalue weighted by Crippen LogP contribution is -1.98. The first-order chi connectivity index (χ1) is 9.88. The summed E-state index contributed by atoms with van der Waals surface area (Å²) in [5.41, 5.74) is 0.136. The molecule has 110 valence electrons. The Morgan fingerprint density at radius 3 is 2.52 bits per heavy atom. The van der Waals surface area contributed by atoms with Crippen molar-refractivity contribution >= 4 is 21.6 Å². The molecule has 0 spiro atoms. The smallest absolute Gasteiger partial charge is 0.311 e. The molecule has 0 unspecified atom stereocenters. The summed E-state index contributed by atoms with van der Waals surface area (Å²) < 4.78 is 18.8. The minimum absolute atomic E-state index is 0.0108. The molecule has 2 aromatic carbocycles. The number of nitro benzene ring substituents is 1. The van der Waals surface area contributed by atoms with E-state index < -0.39 is 16.8 Å². The van der Waals surface area contributed by atoms with Gasteiger partial charge in [-0.3, -0.25) is 10.1 Å². The molecule has 0 saturated heterocycles. The van der Waals surface area contributed by atoms with Crippen molar-refractivity contribution in [2.45, 2.75) is 13.0 Å². The quantitative estimate of drug-likeness (QED) is 0.653. The molecule has 0 amide bonds. The predicted molar refractivity (Wildman–Crippen MR) is 77.9 cm³/mol. The fourth-order valence-corrected chi connectivity index (χ4v) is 2.13. The molecule has 0 aromatic heterocycles. The molecule has 2 aromatic rings. The lowest BCUT2D eigenvalue weighted by molar-refractivity contribution is -0.385. The Kier molecular flexibility index (Phi) is 4.54. The fraction of sp³-hybridized carbons (Fsp3) is 0.143. The van der Waals surface area contributed by atoms with Crippen LogP contribution in [0.15, 0.2) is 40.9 Å². The highest BCUT2D eigenvalue weighted by atomic mass is 79.9. The second-order valence-corrected chi connectivity index (χ2v) is 5.19. The minimum atomic E-state index is -0.824. The van der Waals surface area contributed by atoms with Crippen LogP contribution >= 0.6 is 15.9 Å². The Morgan fingerprint density at radius 1 is 1.29 bits per heavy atom. The zero-order chi connectivity index (χ0) is 15.6. The van der Waals surface area contributed by atoms with Gasteiger partial charge in [-0.05, 0) is 52.7 Å². The average Bonchev–Trinajstić information content (AvgIpc) is 2.41. The van der Waals surface area contributed by atoms with Crippen molar-refractivity contribution in [3.05, 3.63) is 62.4 Å². The van der Waals surface area contributed by atoms with Crippen molar-refractivity contribution < 1.29 is 19.2 Å². The summed E-state index contributed by atoms with van der Waals surface area (Å²) in [4.78, 5) is 10.5. The van der Waals surface area contributed by atoms with Gasteiger partial charge in [0, 0.05) is 6.07 Å². The van der Waals surface area contributed by atoms with Crippen molar-refractivity contribution in [1.29, 1.82) is 0 Å². The number of halogens is 2. The van der Waals surface area contributed by atoms with Crippen molar-refractivity contribution in [3.8, 4) is 11.5 Å². The molecular weight excluding hydrogens is 345 g/mol. The number of aliphatic hydroxyl groups excluding tert-OH is 1. The molecule has 0 aliphatic heterocycles. The molecule has 7 heteroatoms. The summed E-state index contributed by atoms with van der Waals surface area (Å²) in [6.07, 6.45) is -0.824. The van der Waals surface area contributed by atoms with Crippen molar-refractivity contribution in [2.24, 2.45) is 0 Å². The molecule has 0 bridgehead atoms. The molecule has 2 rings (SSSR count). The standard InChI is InChI=1S/C14H11BrFNO4/c1-8(18)9-2-4-14(12(6-9)17(19)20)21-13-5-3-10(16)7-11(13)15/h2-8,18H,1H3/t8-/m1/s1. The average molecular weight is 356 g/mol. The second kappa shape index (κ2) is 6.19. The van der Waals surface area contributed by atoms with E-state index >= 15 is 0 Å². The molecule has 1 atom stereocenters. The van der Waals surface area contributed by atoms with Gasteiger partial charge in [0.2, 0.25) is 5.75 Å². The number of ether oxygens (including phenoxy) is 1. The highest BCUT2D eigenvalue weighted by Crippen LogP contribution is 2.36. The van der Waals surface area contributed by atoms with Gasteiger partial charge in [0.1, 0.15) is 11.6 Å². The normalized spacial score (nSPS) is 12.0. The molecular formula is C14H11BrFNO4. The molecule has 0 aliphatic carbocycles. The first kappa shape index (κ1) is 15.4. The van der Waals surface area contributed by atoms with Gasteiger partial charge in [0.05, 0.1) is 15.5 Å². The summed E-state index contributed by atoms with van der Waals surface area (Å²) in [5, 5.41) is 20.6. The Labute approximate surface area is 128 Å². The molecule has 0 saturated carbocycles. The van der Waals surface area contributed by atoms with Crippen LogP contribution in [0, 0.1) is 15.9 Å². The molecule has 0 heterocycles. The van der Waals surface area contributed by atoms with Crippen molar-refractivity contribution in [3.63, 3.8) is 0 Å². The van der Waals surface area contributed by atoms with E-state index in [9.17, 15) is 19.6 Å². The number of nitrogens with zero attached hydrogens (tertiary/aromatic N) is 1. The summed E-state index contributed by atoms with van der Waals surface area (Å²) in [6, 6.07) is 7.94. The van der Waals surface area contributed by atoms with Gasteiger partial charge in [-0.2, -0.15) is 0 Å². The van der Waals surface area contributed by atoms with Crippen LogP contribution < -0.4 is 4.74 Å². The number of rotatable bonds is 4. The summed E-state index contributed by atoms with van der Waals surface area (Å²) in [7, 11) is 0. The fourth-order valence-electron chi connectivity index (χ4n) is 1.70. The third-order valence-corrected chi connectivity index (χ3v) is 3.40. The van der Waals surface area contributed by atoms with E-state index in [0.29, 0.717) is 10.0 Å². The Bertz CT molecular complexity index is 691. The molecule has 1 N–H and O–H groups in total. The van der Waals surface area contributed by atoms with Crippen LogP contribution in [0.25, 0.3) is 0 Å². The monoisotopic (exact) mass is 355 g/mol. The highest BCUT2D eigenvalue weighted by Gasteiger charge is 2.19. The summed E-state index contributed by atoms with van der Waals surface area (Å²) >= 11 is 3.13. The number of hydrogen-bond donors (Lipinski definition) is 1. The van der Waals surface area contributed by atoms with Gasteiger partial charge in [-0.15, -0.1) is 0 Å². The topological polar surface area (TPSA) is 72.6 Å². The van der Waals surface area contributed by atoms with Gasteiger partial charge in [0.25, 0.3) is 0 Å². The van der Waals surface area contributed by atoms with E-state index in [2.05, 4.69) is 15.9 Å². The van der Waals surface area contributed by atoms with Crippen LogP contribution in [0.5, 0.6) is 11.5 Å². The number of aliphatic hydroxyl groups is 1. The van der Waals surface area contributed by atoms with E-state index in [0.717, 1.165) is 0 Å². The molecule has 0 aliphatic rings. The SMILES string of the molecule is C[C@@H](O)c1ccc(Oc2ccc(F)cc2Br)c([N+](=O)[O-])c1. The highest BCUT2D eigenvalue weighted by molar-refractivity contribution is 9.10. The van der Waals surface area contributed by atoms with Gasteiger partial charge in [0.15, 0.2) is 0 Å².